The molecule has 0 aliphatic heterocycles. The Morgan fingerprint density at radius 2 is 1.92 bits per heavy atom. The second kappa shape index (κ2) is 5.00. The molecule has 0 aromatic rings. The van der Waals surface area contributed by atoms with Gasteiger partial charge < -0.3 is 0 Å². The van der Waals surface area contributed by atoms with Crippen molar-refractivity contribution in [3.63, 3.8) is 0 Å². The van der Waals surface area contributed by atoms with E-state index in [1.807, 2.05) is 0 Å². The molecule has 1 rings (SSSR count). The Morgan fingerprint density at radius 1 is 1.25 bits per heavy atom. The summed E-state index contributed by atoms with van der Waals surface area (Å²) in [5.41, 5.74) is 6.52. The Labute approximate surface area is 75.7 Å². The third-order valence-electron chi connectivity index (χ3n) is 2.41. The highest BCUT2D eigenvalue weighted by atomic mass is 14.1. The molecule has 1 aliphatic carbocycles. The monoisotopic (exact) mass is 162 g/mol. The molecule has 0 radical (unpaired) electrons. The maximum Gasteiger partial charge on any atom is -0.0206 e. The molecule has 1 fully saturated rings. The molecule has 0 aromatic heterocycles. The number of hydrogen-bond acceptors (Lipinski definition) is 0. The second-order valence-corrected chi connectivity index (χ2v) is 3.31. The van der Waals surface area contributed by atoms with E-state index >= 15 is 0 Å². The number of allylic oxidation sites excluding steroid dienone is 3. The lowest BCUT2D eigenvalue weighted by atomic mass is 9.91. The van der Waals surface area contributed by atoms with Crippen molar-refractivity contribution < 1.29 is 0 Å². The van der Waals surface area contributed by atoms with Crippen LogP contribution in [0.4, 0.5) is 0 Å². The molecule has 1 saturated carbocycles. The van der Waals surface area contributed by atoms with Gasteiger partial charge in [0.15, 0.2) is 0 Å². The van der Waals surface area contributed by atoms with Crippen molar-refractivity contribution in [3.8, 4) is 0 Å². The van der Waals surface area contributed by atoms with Gasteiger partial charge in [-0.1, -0.05) is 18.6 Å². The third-order valence-corrected chi connectivity index (χ3v) is 2.41. The van der Waals surface area contributed by atoms with Crippen LogP contribution >= 0.6 is 0 Å². The average molecular weight is 162 g/mol. The van der Waals surface area contributed by atoms with Gasteiger partial charge in [0, 0.05) is 0 Å². The first kappa shape index (κ1) is 9.35. The van der Waals surface area contributed by atoms with Crippen LogP contribution in [0.2, 0.25) is 0 Å². The minimum absolute atomic E-state index is 1.11. The van der Waals surface area contributed by atoms with Gasteiger partial charge in [-0.05, 0) is 50.7 Å². The van der Waals surface area contributed by atoms with Crippen molar-refractivity contribution in [2.24, 2.45) is 0 Å². The lowest BCUT2D eigenvalue weighted by molar-refractivity contribution is 0.727. The summed E-state index contributed by atoms with van der Waals surface area (Å²) in [5, 5.41) is 0. The van der Waals surface area contributed by atoms with Crippen molar-refractivity contribution in [1.29, 1.82) is 0 Å². The molecule has 0 heterocycles. The first-order valence-electron chi connectivity index (χ1n) is 4.93. The normalized spacial score (nSPS) is 17.2. The average Bonchev–Trinajstić information content (AvgIpc) is 2.15. The van der Waals surface area contributed by atoms with Gasteiger partial charge >= 0.3 is 0 Å². The smallest absolute Gasteiger partial charge is 0.0206 e. The van der Waals surface area contributed by atoms with Gasteiger partial charge in [0.25, 0.3) is 0 Å². The summed E-state index contributed by atoms with van der Waals surface area (Å²) in [6.45, 7) is 4.31. The second-order valence-electron chi connectivity index (χ2n) is 3.31. The van der Waals surface area contributed by atoms with E-state index in [0.29, 0.717) is 0 Å². The maximum absolute atomic E-state index is 3.38. The van der Waals surface area contributed by atoms with Crippen LogP contribution in [-0.2, 0) is 0 Å². The lowest BCUT2D eigenvalue weighted by Gasteiger charge is -2.14. The van der Waals surface area contributed by atoms with E-state index in [4.69, 9.17) is 0 Å². The molecule has 0 bridgehead atoms. The van der Waals surface area contributed by atoms with Gasteiger partial charge in [-0.3, -0.25) is 0 Å². The van der Waals surface area contributed by atoms with E-state index in [1.165, 1.54) is 31.3 Å². The summed E-state index contributed by atoms with van der Waals surface area (Å²) in [4.78, 5) is 0. The zero-order chi connectivity index (χ0) is 8.81. The van der Waals surface area contributed by atoms with Crippen molar-refractivity contribution in [2.75, 3.05) is 0 Å². The lowest BCUT2D eigenvalue weighted by Crippen LogP contribution is -1.96. The van der Waals surface area contributed by atoms with Crippen LogP contribution < -0.4 is 0 Å². The van der Waals surface area contributed by atoms with Crippen LogP contribution in [0, 0.1) is 0 Å². The highest BCUT2D eigenvalue weighted by Crippen LogP contribution is 2.26. The van der Waals surface area contributed by atoms with Crippen LogP contribution in [0.25, 0.3) is 0 Å². The standard InChI is InChI=1S/C12H18/c1-3-5-6-12-9-7-11(4-2)8-10-12/h4-5H,3,7-10H2,1-2H3. The van der Waals surface area contributed by atoms with E-state index in [9.17, 15) is 0 Å². The SMILES string of the molecule is CC=C1CCC(=C=CCC)CC1. The predicted molar refractivity (Wildman–Crippen MR) is 54.1 cm³/mol. The van der Waals surface area contributed by atoms with Crippen molar-refractivity contribution >= 4 is 0 Å². The largest absolute Gasteiger partial charge is 0.126 e. The fourth-order valence-corrected chi connectivity index (χ4v) is 1.55. The summed E-state index contributed by atoms with van der Waals surface area (Å²) in [6, 6.07) is 0. The van der Waals surface area contributed by atoms with Crippen LogP contribution in [0.1, 0.15) is 46.0 Å². The Bertz CT molecular complexity index is 212. The molecule has 12 heavy (non-hydrogen) atoms. The molecule has 1 aliphatic rings. The molecular weight excluding hydrogens is 144 g/mol. The summed E-state index contributed by atoms with van der Waals surface area (Å²) in [5.74, 6) is 0. The van der Waals surface area contributed by atoms with Crippen LogP contribution in [0.5, 0.6) is 0 Å². The van der Waals surface area contributed by atoms with Crippen molar-refractivity contribution in [2.45, 2.75) is 46.0 Å². The maximum atomic E-state index is 3.38. The molecule has 66 valence electrons. The molecule has 0 nitrogen and oxygen atoms in total. The molecule has 0 unspecified atom stereocenters. The molecule has 0 amide bonds. The zero-order valence-corrected chi connectivity index (χ0v) is 8.19. The Kier molecular flexibility index (Phi) is 3.90. The van der Waals surface area contributed by atoms with E-state index in [2.05, 4.69) is 31.7 Å². The van der Waals surface area contributed by atoms with Gasteiger partial charge in [0.1, 0.15) is 0 Å². The van der Waals surface area contributed by atoms with Gasteiger partial charge in [0.2, 0.25) is 0 Å². The van der Waals surface area contributed by atoms with E-state index in [0.717, 1.165) is 6.42 Å². The molecule has 0 N–H and O–H groups in total. The van der Waals surface area contributed by atoms with Crippen LogP contribution in [0.15, 0.2) is 29.0 Å². The first-order chi connectivity index (χ1) is 5.86. The molecular formula is C12H18. The van der Waals surface area contributed by atoms with Gasteiger partial charge in [0.05, 0.1) is 0 Å². The quantitative estimate of drug-likeness (QED) is 0.404. The topological polar surface area (TPSA) is 0 Å². The minimum Gasteiger partial charge on any atom is -0.126 e. The summed E-state index contributed by atoms with van der Waals surface area (Å²) < 4.78 is 0. The van der Waals surface area contributed by atoms with Crippen LogP contribution in [0.3, 0.4) is 0 Å². The molecule has 0 heteroatoms. The first-order valence-corrected chi connectivity index (χ1v) is 4.93. The fourth-order valence-electron chi connectivity index (χ4n) is 1.55. The minimum atomic E-state index is 1.11. The molecule has 0 aromatic carbocycles. The van der Waals surface area contributed by atoms with Crippen LogP contribution in [-0.4, -0.2) is 0 Å². The summed E-state index contributed by atoms with van der Waals surface area (Å²) in [7, 11) is 0. The van der Waals surface area contributed by atoms with Gasteiger partial charge in [-0.2, -0.15) is 0 Å². The van der Waals surface area contributed by atoms with E-state index in [-0.39, 0.29) is 0 Å². The third kappa shape index (κ3) is 2.71. The van der Waals surface area contributed by atoms with Crippen molar-refractivity contribution in [3.05, 3.63) is 29.0 Å². The molecule has 0 saturated heterocycles. The van der Waals surface area contributed by atoms with Gasteiger partial charge in [-0.25, -0.2) is 0 Å². The highest BCUT2D eigenvalue weighted by molar-refractivity contribution is 5.15. The Balaban J connectivity index is 2.51. The molecule has 0 atom stereocenters. The Hall–Kier alpha value is -0.740. The predicted octanol–water partition coefficient (Wildman–Crippen LogP) is 4.00. The van der Waals surface area contributed by atoms with E-state index in [1.54, 1.807) is 5.57 Å². The zero-order valence-electron chi connectivity index (χ0n) is 8.19. The Morgan fingerprint density at radius 3 is 2.42 bits per heavy atom. The number of hydrogen-bond donors (Lipinski definition) is 0. The number of rotatable bonds is 1. The van der Waals surface area contributed by atoms with Gasteiger partial charge in [-0.15, -0.1) is 5.73 Å². The summed E-state index contributed by atoms with van der Waals surface area (Å²) >= 11 is 0. The van der Waals surface area contributed by atoms with Crippen molar-refractivity contribution in [1.82, 2.24) is 0 Å². The van der Waals surface area contributed by atoms with E-state index < -0.39 is 0 Å². The molecule has 0 spiro atoms. The fraction of sp³-hybridized carbons (Fsp3) is 0.583. The summed E-state index contributed by atoms with van der Waals surface area (Å²) in [6.07, 6.45) is 10.5. The highest BCUT2D eigenvalue weighted by Gasteiger charge is 2.07.